The summed E-state index contributed by atoms with van der Waals surface area (Å²) in [5.41, 5.74) is 1.55. The zero-order chi connectivity index (χ0) is 19.9. The summed E-state index contributed by atoms with van der Waals surface area (Å²) in [7, 11) is 2.91. The van der Waals surface area contributed by atoms with Crippen LogP contribution in [0, 0.1) is 0 Å². The predicted octanol–water partition coefficient (Wildman–Crippen LogP) is 3.00. The van der Waals surface area contributed by atoms with Crippen LogP contribution in [-0.4, -0.2) is 55.1 Å². The summed E-state index contributed by atoms with van der Waals surface area (Å²) >= 11 is 1.51. The highest BCUT2D eigenvalue weighted by Gasteiger charge is 2.30. The molecule has 1 aliphatic rings. The van der Waals surface area contributed by atoms with Gasteiger partial charge in [-0.25, -0.2) is 0 Å². The van der Waals surface area contributed by atoms with Crippen molar-refractivity contribution < 1.29 is 23.8 Å². The van der Waals surface area contributed by atoms with E-state index in [0.717, 1.165) is 5.56 Å². The van der Waals surface area contributed by atoms with Gasteiger partial charge in [-0.05, 0) is 23.8 Å². The van der Waals surface area contributed by atoms with Crippen LogP contribution in [0.4, 0.5) is 0 Å². The van der Waals surface area contributed by atoms with Crippen LogP contribution in [0.15, 0.2) is 48.5 Å². The molecule has 1 heterocycles. The first kappa shape index (κ1) is 20.1. The minimum Gasteiger partial charge on any atom is -0.493 e. The lowest BCUT2D eigenvalue weighted by Crippen LogP contribution is -2.44. The van der Waals surface area contributed by atoms with E-state index in [0.29, 0.717) is 42.5 Å². The van der Waals surface area contributed by atoms with Gasteiger partial charge in [-0.15, -0.1) is 11.8 Å². The average molecular weight is 401 g/mol. The van der Waals surface area contributed by atoms with E-state index in [1.807, 2.05) is 30.3 Å². The lowest BCUT2D eigenvalue weighted by molar-refractivity contribution is -0.140. The quantitative estimate of drug-likeness (QED) is 0.694. The molecule has 0 spiro atoms. The van der Waals surface area contributed by atoms with Gasteiger partial charge in [-0.3, -0.25) is 9.59 Å². The van der Waals surface area contributed by atoms with E-state index in [-0.39, 0.29) is 17.1 Å². The van der Waals surface area contributed by atoms with Crippen LogP contribution in [0.3, 0.4) is 0 Å². The number of rotatable bonds is 6. The van der Waals surface area contributed by atoms with Crippen molar-refractivity contribution >= 4 is 23.6 Å². The number of ether oxygens (including phenoxy) is 3. The van der Waals surface area contributed by atoms with Crippen molar-refractivity contribution in [2.45, 2.75) is 11.9 Å². The maximum atomic E-state index is 12.9. The Bertz CT molecular complexity index is 827. The van der Waals surface area contributed by atoms with Crippen molar-refractivity contribution in [2.24, 2.45) is 0 Å². The lowest BCUT2D eigenvalue weighted by Gasteiger charge is -2.31. The fourth-order valence-electron chi connectivity index (χ4n) is 2.95. The summed E-state index contributed by atoms with van der Waals surface area (Å²) in [6, 6.07) is 15.0. The number of hydrogen-bond donors (Lipinski definition) is 0. The van der Waals surface area contributed by atoms with Crippen LogP contribution in [0.5, 0.6) is 11.5 Å². The van der Waals surface area contributed by atoms with Crippen LogP contribution < -0.4 is 9.47 Å². The normalized spacial score (nSPS) is 16.4. The van der Waals surface area contributed by atoms with Gasteiger partial charge in [-0.1, -0.05) is 30.3 Å². The summed E-state index contributed by atoms with van der Waals surface area (Å²) < 4.78 is 16.1. The fourth-order valence-corrected chi connectivity index (χ4v) is 4.07. The SMILES string of the molecule is COC(=O)[C@H]1CN(C(=O)c2ccc(OCc3ccccc3)c(OC)c2)CCS1. The van der Waals surface area contributed by atoms with Crippen LogP contribution >= 0.6 is 11.8 Å². The van der Waals surface area contributed by atoms with Crippen LogP contribution in [0.25, 0.3) is 0 Å². The van der Waals surface area contributed by atoms with Gasteiger partial charge in [0.25, 0.3) is 5.91 Å². The smallest absolute Gasteiger partial charge is 0.320 e. The molecule has 0 aliphatic carbocycles. The second-order valence-corrected chi connectivity index (χ2v) is 7.58. The van der Waals surface area contributed by atoms with Gasteiger partial charge in [0.1, 0.15) is 11.9 Å². The molecule has 28 heavy (non-hydrogen) atoms. The number of hydrogen-bond acceptors (Lipinski definition) is 6. The molecule has 1 atom stereocenters. The first-order valence-corrected chi connectivity index (χ1v) is 10.0. The largest absolute Gasteiger partial charge is 0.493 e. The van der Waals surface area contributed by atoms with Crippen molar-refractivity contribution in [1.82, 2.24) is 4.90 Å². The van der Waals surface area contributed by atoms with Gasteiger partial charge in [0.05, 0.1) is 14.2 Å². The Morgan fingerprint density at radius 1 is 1.11 bits per heavy atom. The topological polar surface area (TPSA) is 65.1 Å². The van der Waals surface area contributed by atoms with Crippen molar-refractivity contribution in [3.63, 3.8) is 0 Å². The van der Waals surface area contributed by atoms with Crippen LogP contribution in [0.1, 0.15) is 15.9 Å². The number of benzene rings is 2. The van der Waals surface area contributed by atoms with Crippen molar-refractivity contribution in [3.05, 3.63) is 59.7 Å². The molecule has 6 nitrogen and oxygen atoms in total. The van der Waals surface area contributed by atoms with Gasteiger partial charge < -0.3 is 19.1 Å². The van der Waals surface area contributed by atoms with Gasteiger partial charge >= 0.3 is 5.97 Å². The number of nitrogens with zero attached hydrogens (tertiary/aromatic N) is 1. The van der Waals surface area contributed by atoms with Crippen molar-refractivity contribution in [3.8, 4) is 11.5 Å². The van der Waals surface area contributed by atoms with Crippen molar-refractivity contribution in [2.75, 3.05) is 33.1 Å². The third-order valence-electron chi connectivity index (χ3n) is 4.47. The Morgan fingerprint density at radius 3 is 2.61 bits per heavy atom. The highest BCUT2D eigenvalue weighted by molar-refractivity contribution is 8.00. The predicted molar refractivity (Wildman–Crippen MR) is 108 cm³/mol. The molecule has 2 aromatic carbocycles. The molecule has 0 aromatic heterocycles. The third-order valence-corrected chi connectivity index (χ3v) is 5.63. The average Bonchev–Trinajstić information content (AvgIpc) is 2.77. The number of thioether (sulfide) groups is 1. The van der Waals surface area contributed by atoms with E-state index in [1.165, 1.54) is 18.9 Å². The third kappa shape index (κ3) is 4.78. The molecule has 0 bridgehead atoms. The Morgan fingerprint density at radius 2 is 1.89 bits per heavy atom. The number of amides is 1. The van der Waals surface area contributed by atoms with E-state index in [1.54, 1.807) is 30.2 Å². The second kappa shape index (κ2) is 9.50. The lowest BCUT2D eigenvalue weighted by atomic mass is 10.1. The van der Waals surface area contributed by atoms with Crippen molar-refractivity contribution in [1.29, 1.82) is 0 Å². The molecule has 7 heteroatoms. The van der Waals surface area contributed by atoms with Gasteiger partial charge in [-0.2, -0.15) is 0 Å². The molecule has 0 unspecified atom stereocenters. The number of esters is 1. The molecule has 148 valence electrons. The standard InChI is InChI=1S/C21H23NO5S/c1-25-18-12-16(8-9-17(18)27-14-15-6-4-3-5-7-15)20(23)22-10-11-28-19(13-22)21(24)26-2/h3-9,12,19H,10-11,13-14H2,1-2H3/t19-/m1/s1. The van der Waals surface area contributed by atoms with Gasteiger partial charge in [0.2, 0.25) is 0 Å². The van der Waals surface area contributed by atoms with E-state index in [4.69, 9.17) is 14.2 Å². The maximum Gasteiger partial charge on any atom is 0.320 e. The van der Waals surface area contributed by atoms with Gasteiger partial charge in [0, 0.05) is 24.4 Å². The molecule has 1 aliphatic heterocycles. The Kier molecular flexibility index (Phi) is 6.81. The molecule has 1 saturated heterocycles. The molecular weight excluding hydrogens is 378 g/mol. The minimum absolute atomic E-state index is 0.137. The molecule has 0 radical (unpaired) electrons. The van der Waals surface area contributed by atoms with Crippen LogP contribution in [-0.2, 0) is 16.1 Å². The highest BCUT2D eigenvalue weighted by atomic mass is 32.2. The molecule has 3 rings (SSSR count). The van der Waals surface area contributed by atoms with E-state index in [2.05, 4.69) is 0 Å². The summed E-state index contributed by atoms with van der Waals surface area (Å²) in [4.78, 5) is 26.3. The fraction of sp³-hybridized carbons (Fsp3) is 0.333. The maximum absolute atomic E-state index is 12.9. The summed E-state index contributed by atoms with van der Waals surface area (Å²) in [6.45, 7) is 1.34. The molecule has 1 fully saturated rings. The monoisotopic (exact) mass is 401 g/mol. The van der Waals surface area contributed by atoms with E-state index < -0.39 is 0 Å². The Labute approximate surface area is 168 Å². The summed E-state index contributed by atoms with van der Waals surface area (Å²) in [5.74, 6) is 1.33. The molecule has 0 saturated carbocycles. The highest BCUT2D eigenvalue weighted by Crippen LogP contribution is 2.30. The number of carbonyl (C=O) groups excluding carboxylic acids is 2. The van der Waals surface area contributed by atoms with E-state index in [9.17, 15) is 9.59 Å². The summed E-state index contributed by atoms with van der Waals surface area (Å²) in [6.07, 6.45) is 0. The molecular formula is C21H23NO5S. The Hall–Kier alpha value is -2.67. The second-order valence-electron chi connectivity index (χ2n) is 6.27. The van der Waals surface area contributed by atoms with E-state index >= 15 is 0 Å². The first-order valence-electron chi connectivity index (χ1n) is 8.96. The Balaban J connectivity index is 1.70. The number of methoxy groups -OCH3 is 2. The molecule has 1 amide bonds. The van der Waals surface area contributed by atoms with Crippen LogP contribution in [0.2, 0.25) is 0 Å². The first-order chi connectivity index (χ1) is 13.6. The zero-order valence-corrected chi connectivity index (χ0v) is 16.7. The minimum atomic E-state index is -0.349. The zero-order valence-electron chi connectivity index (χ0n) is 15.9. The molecule has 2 aromatic rings. The molecule has 0 N–H and O–H groups in total. The summed E-state index contributed by atoms with van der Waals surface area (Å²) in [5, 5.41) is -0.349. The number of carbonyl (C=O) groups is 2. The van der Waals surface area contributed by atoms with Gasteiger partial charge in [0.15, 0.2) is 11.5 Å².